The molecule has 0 radical (unpaired) electrons. The van der Waals surface area contributed by atoms with Crippen molar-refractivity contribution in [2.24, 2.45) is 0 Å². The van der Waals surface area contributed by atoms with Crippen molar-refractivity contribution in [2.45, 2.75) is 37.1 Å². The Balaban J connectivity index is 2.10. The Morgan fingerprint density at radius 1 is 1.37 bits per heavy atom. The highest BCUT2D eigenvalue weighted by Gasteiger charge is 2.44. The lowest BCUT2D eigenvalue weighted by molar-refractivity contribution is -0.143. The van der Waals surface area contributed by atoms with Gasteiger partial charge in [-0.3, -0.25) is 4.79 Å². The lowest BCUT2D eigenvalue weighted by atomic mass is 10.1. The molecule has 0 saturated carbocycles. The van der Waals surface area contributed by atoms with Gasteiger partial charge in [0, 0.05) is 18.9 Å². The minimum absolute atomic E-state index is 0.0730. The summed E-state index contributed by atoms with van der Waals surface area (Å²) in [6, 6.07) is 0. The van der Waals surface area contributed by atoms with Crippen LogP contribution in [0, 0.1) is 0 Å². The number of rotatable bonds is 6. The number of hydrogen-bond donors (Lipinski definition) is 4. The number of nitrogen functional groups attached to an aromatic ring is 1. The molecule has 27 heavy (non-hydrogen) atoms. The number of fused-ring (bicyclic) bond motifs is 1. The van der Waals surface area contributed by atoms with Crippen LogP contribution in [0.5, 0.6) is 0 Å². The van der Waals surface area contributed by atoms with E-state index in [1.807, 2.05) is 0 Å². The van der Waals surface area contributed by atoms with E-state index < -0.39 is 43.2 Å². The van der Waals surface area contributed by atoms with Gasteiger partial charge < -0.3 is 39.8 Å². The van der Waals surface area contributed by atoms with Crippen LogP contribution in [-0.4, -0.2) is 75.0 Å². The van der Waals surface area contributed by atoms with Crippen molar-refractivity contribution in [3.05, 3.63) is 18.1 Å². The Morgan fingerprint density at radius 2 is 2.11 bits per heavy atom. The van der Waals surface area contributed by atoms with Gasteiger partial charge in [-0.25, -0.2) is 9.97 Å². The van der Waals surface area contributed by atoms with Gasteiger partial charge in [0.25, 0.3) is 0 Å². The quantitative estimate of drug-likeness (QED) is 0.450. The van der Waals surface area contributed by atoms with Crippen LogP contribution in [0.25, 0.3) is 11.0 Å². The first kappa shape index (κ1) is 19.5. The van der Waals surface area contributed by atoms with Gasteiger partial charge in [-0.1, -0.05) is 0 Å². The van der Waals surface area contributed by atoms with E-state index in [4.69, 9.17) is 19.9 Å². The smallest absolute Gasteiger partial charge is 0.308 e. The maximum Gasteiger partial charge on any atom is 0.308 e. The van der Waals surface area contributed by atoms with E-state index in [1.54, 1.807) is 6.20 Å². The van der Waals surface area contributed by atoms with Crippen LogP contribution in [0.15, 0.2) is 12.5 Å². The second kappa shape index (κ2) is 7.74. The number of nitrogens with zero attached hydrogens (tertiary/aromatic N) is 3. The van der Waals surface area contributed by atoms with Crippen LogP contribution in [0.3, 0.4) is 0 Å². The summed E-state index contributed by atoms with van der Waals surface area (Å²) in [5.74, 6) is -0.321. The summed E-state index contributed by atoms with van der Waals surface area (Å²) in [6.07, 6.45) is -2.48. The maximum absolute atomic E-state index is 11.7. The lowest BCUT2D eigenvalue weighted by Crippen LogP contribution is -2.33. The van der Waals surface area contributed by atoms with E-state index in [0.29, 0.717) is 16.6 Å². The van der Waals surface area contributed by atoms with Crippen LogP contribution in [0.4, 0.5) is 5.82 Å². The average Bonchev–Trinajstić information content (AvgIpc) is 3.19. The predicted octanol–water partition coefficient (Wildman–Crippen LogP) is -1.12. The first-order valence-electron chi connectivity index (χ1n) is 8.25. The van der Waals surface area contributed by atoms with Crippen molar-refractivity contribution in [2.75, 3.05) is 26.6 Å². The molecule has 11 nitrogen and oxygen atoms in total. The van der Waals surface area contributed by atoms with E-state index in [2.05, 4.69) is 9.97 Å². The summed E-state index contributed by atoms with van der Waals surface area (Å²) in [5.41, 5.74) is 6.85. The third-order valence-electron chi connectivity index (χ3n) is 4.67. The van der Waals surface area contributed by atoms with Crippen LogP contribution in [-0.2, 0) is 19.0 Å². The number of nitrogens with two attached hydrogens (primary N) is 1. The second-order valence-corrected chi connectivity index (χ2v) is 6.18. The Hall–Kier alpha value is -2.31. The highest BCUT2D eigenvalue weighted by atomic mass is 16.6. The molecule has 11 heteroatoms. The zero-order valence-corrected chi connectivity index (χ0v) is 14.8. The van der Waals surface area contributed by atoms with E-state index in [9.17, 15) is 20.1 Å². The van der Waals surface area contributed by atoms with Crippen molar-refractivity contribution in [3.63, 3.8) is 0 Å². The number of carbonyl (C=O) groups excluding carboxylic acids is 1. The molecule has 1 unspecified atom stereocenters. The zero-order chi connectivity index (χ0) is 19.7. The molecule has 3 rings (SSSR count). The fourth-order valence-electron chi connectivity index (χ4n) is 3.24. The summed E-state index contributed by atoms with van der Waals surface area (Å²) in [6.45, 7) is -0.457. The van der Waals surface area contributed by atoms with Gasteiger partial charge in [0.15, 0.2) is 6.23 Å². The first-order chi connectivity index (χ1) is 12.9. The predicted molar refractivity (Wildman–Crippen MR) is 91.3 cm³/mol. The molecule has 3 heterocycles. The van der Waals surface area contributed by atoms with Gasteiger partial charge in [-0.05, 0) is 0 Å². The van der Waals surface area contributed by atoms with Crippen molar-refractivity contribution in [1.82, 2.24) is 14.5 Å². The molecule has 1 saturated heterocycles. The van der Waals surface area contributed by atoms with Crippen LogP contribution >= 0.6 is 0 Å². The van der Waals surface area contributed by atoms with E-state index >= 15 is 0 Å². The Morgan fingerprint density at radius 3 is 2.70 bits per heavy atom. The molecule has 2 aromatic heterocycles. The Labute approximate surface area is 154 Å². The largest absolute Gasteiger partial charge is 0.469 e. The van der Waals surface area contributed by atoms with Gasteiger partial charge in [-0.15, -0.1) is 0 Å². The van der Waals surface area contributed by atoms with Gasteiger partial charge in [0.2, 0.25) is 0 Å². The van der Waals surface area contributed by atoms with E-state index in [-0.39, 0.29) is 12.2 Å². The molecule has 148 valence electrons. The van der Waals surface area contributed by atoms with E-state index in [1.165, 1.54) is 25.1 Å². The monoisotopic (exact) mass is 382 g/mol. The fourth-order valence-corrected chi connectivity index (χ4v) is 3.24. The van der Waals surface area contributed by atoms with Crippen LogP contribution in [0.1, 0.15) is 24.3 Å². The third kappa shape index (κ3) is 3.35. The Bertz CT molecular complexity index is 826. The topological polar surface area (TPSA) is 162 Å². The van der Waals surface area contributed by atoms with Crippen LogP contribution < -0.4 is 5.73 Å². The molecule has 1 aliphatic heterocycles. The summed E-state index contributed by atoms with van der Waals surface area (Å²) < 4.78 is 17.2. The number of carbonyl (C=O) groups is 1. The molecular weight excluding hydrogens is 360 g/mol. The second-order valence-electron chi connectivity index (χ2n) is 6.18. The molecule has 0 spiro atoms. The minimum atomic E-state index is -1.30. The molecule has 1 aliphatic rings. The highest BCUT2D eigenvalue weighted by Crippen LogP contribution is 2.37. The summed E-state index contributed by atoms with van der Waals surface area (Å²) in [5, 5.41) is 30.1. The SMILES string of the molecule is COC(=O)CC(OC)c1cn([C@@H]2O[C@H](CO)[C@@H](O)[C@H]2O)c2ncnc(N)c12. The van der Waals surface area contributed by atoms with Crippen molar-refractivity contribution in [1.29, 1.82) is 0 Å². The minimum Gasteiger partial charge on any atom is -0.469 e. The molecule has 0 aliphatic carbocycles. The molecule has 5 atom stereocenters. The van der Waals surface area contributed by atoms with E-state index in [0.717, 1.165) is 0 Å². The average molecular weight is 382 g/mol. The van der Waals surface area contributed by atoms with Crippen LogP contribution in [0.2, 0.25) is 0 Å². The summed E-state index contributed by atoms with van der Waals surface area (Å²) >= 11 is 0. The first-order valence-corrected chi connectivity index (χ1v) is 8.25. The molecule has 5 N–H and O–H groups in total. The van der Waals surface area contributed by atoms with Crippen molar-refractivity contribution >= 4 is 22.8 Å². The molecule has 2 aromatic rings. The van der Waals surface area contributed by atoms with Crippen molar-refractivity contribution < 1.29 is 34.3 Å². The van der Waals surface area contributed by atoms with Gasteiger partial charge >= 0.3 is 5.97 Å². The lowest BCUT2D eigenvalue weighted by Gasteiger charge is -2.17. The maximum atomic E-state index is 11.7. The number of anilines is 1. The number of aliphatic hydroxyl groups is 3. The zero-order valence-electron chi connectivity index (χ0n) is 14.8. The van der Waals surface area contributed by atoms with Gasteiger partial charge in [0.05, 0.1) is 31.6 Å². The standard InChI is InChI=1S/C16H22N4O7/c1-25-8(3-10(22)26-2)7-4-20(15-11(7)14(17)18-6-19-15)16-13(24)12(23)9(5-21)27-16/h4,6,8-9,12-13,16,21,23-24H,3,5H2,1-2H3,(H2,17,18,19)/t8?,9-,12-,13-,16-/m1/s1. The third-order valence-corrected chi connectivity index (χ3v) is 4.67. The molecule has 1 fully saturated rings. The number of methoxy groups -OCH3 is 2. The van der Waals surface area contributed by atoms with Gasteiger partial charge in [0.1, 0.15) is 36.1 Å². The number of hydrogen-bond acceptors (Lipinski definition) is 10. The molecular formula is C16H22N4O7. The van der Waals surface area contributed by atoms with Gasteiger partial charge in [-0.2, -0.15) is 0 Å². The molecule has 0 amide bonds. The normalized spacial score (nSPS) is 26.4. The van der Waals surface area contributed by atoms with Crippen molar-refractivity contribution in [3.8, 4) is 0 Å². The number of aromatic nitrogens is 3. The number of ether oxygens (including phenoxy) is 3. The number of aliphatic hydroxyl groups excluding tert-OH is 3. The summed E-state index contributed by atoms with van der Waals surface area (Å²) in [4.78, 5) is 19.9. The Kier molecular flexibility index (Phi) is 5.58. The summed E-state index contributed by atoms with van der Waals surface area (Å²) in [7, 11) is 2.71. The highest BCUT2D eigenvalue weighted by molar-refractivity contribution is 5.90. The fraction of sp³-hybridized carbons (Fsp3) is 0.562. The molecule has 0 aromatic carbocycles. The molecule has 0 bridgehead atoms. The number of esters is 1.